The second-order valence-electron chi connectivity index (χ2n) is 4.95. The fraction of sp³-hybridized carbons (Fsp3) is 0.467. The Morgan fingerprint density at radius 2 is 2.11 bits per heavy atom. The first-order valence-electron chi connectivity index (χ1n) is 6.32. The number of esters is 1. The monoisotopic (exact) mass is 246 g/mol. The van der Waals surface area contributed by atoms with Crippen molar-refractivity contribution in [3.05, 3.63) is 35.4 Å². The van der Waals surface area contributed by atoms with Gasteiger partial charge in [0.2, 0.25) is 0 Å². The summed E-state index contributed by atoms with van der Waals surface area (Å²) in [6.45, 7) is 1.72. The van der Waals surface area contributed by atoms with Crippen molar-refractivity contribution in [2.45, 2.75) is 32.1 Å². The van der Waals surface area contributed by atoms with Crippen LogP contribution in [0.25, 0.3) is 0 Å². The van der Waals surface area contributed by atoms with E-state index < -0.39 is 0 Å². The van der Waals surface area contributed by atoms with Gasteiger partial charge in [-0.3, -0.25) is 9.59 Å². The average molecular weight is 246 g/mol. The maximum Gasteiger partial charge on any atom is 0.308 e. The lowest BCUT2D eigenvalue weighted by atomic mass is 9.97. The highest BCUT2D eigenvalue weighted by Gasteiger charge is 2.24. The summed E-state index contributed by atoms with van der Waals surface area (Å²) in [5, 5.41) is 0. The third-order valence-corrected chi connectivity index (χ3v) is 3.35. The van der Waals surface area contributed by atoms with Crippen LogP contribution in [0.2, 0.25) is 0 Å². The summed E-state index contributed by atoms with van der Waals surface area (Å²) in [7, 11) is 1.34. The molecule has 0 aliphatic heterocycles. The van der Waals surface area contributed by atoms with Gasteiger partial charge in [0, 0.05) is 12.0 Å². The summed E-state index contributed by atoms with van der Waals surface area (Å²) >= 11 is 0. The molecular formula is C15H18O3. The number of carbonyl (C=O) groups excluding carboxylic acids is 2. The zero-order chi connectivity index (χ0) is 13.1. The highest BCUT2D eigenvalue weighted by Crippen LogP contribution is 2.40. The molecule has 3 heteroatoms. The molecule has 0 N–H and O–H groups in total. The number of Topliss-reactive ketones (excluding diaryl/α,β-unsaturated/α-hetero) is 1. The van der Waals surface area contributed by atoms with Crippen LogP contribution in [0.4, 0.5) is 0 Å². The van der Waals surface area contributed by atoms with Crippen LogP contribution in [0.5, 0.6) is 0 Å². The summed E-state index contributed by atoms with van der Waals surface area (Å²) in [5.74, 6) is -0.0695. The van der Waals surface area contributed by atoms with Crippen LogP contribution < -0.4 is 0 Å². The molecule has 1 aromatic rings. The van der Waals surface area contributed by atoms with Gasteiger partial charge >= 0.3 is 5.97 Å². The van der Waals surface area contributed by atoms with Gasteiger partial charge in [-0.2, -0.15) is 0 Å². The van der Waals surface area contributed by atoms with Gasteiger partial charge in [0.25, 0.3) is 0 Å². The lowest BCUT2D eigenvalue weighted by Crippen LogP contribution is -2.17. The van der Waals surface area contributed by atoms with Gasteiger partial charge < -0.3 is 4.74 Å². The molecule has 18 heavy (non-hydrogen) atoms. The number of methoxy groups -OCH3 is 1. The average Bonchev–Trinajstić information content (AvgIpc) is 3.22. The molecular weight excluding hydrogens is 228 g/mol. The second kappa shape index (κ2) is 5.34. The molecule has 1 aliphatic rings. The maximum absolute atomic E-state index is 12.1. The summed E-state index contributed by atoms with van der Waals surface area (Å²) in [6.07, 6.45) is 2.65. The van der Waals surface area contributed by atoms with E-state index in [4.69, 9.17) is 0 Å². The fourth-order valence-corrected chi connectivity index (χ4v) is 2.06. The van der Waals surface area contributed by atoms with Gasteiger partial charge in [0.05, 0.1) is 13.0 Å². The largest absolute Gasteiger partial charge is 0.469 e. The molecule has 1 aromatic carbocycles. The minimum Gasteiger partial charge on any atom is -0.469 e. The van der Waals surface area contributed by atoms with Gasteiger partial charge in [0.15, 0.2) is 5.78 Å². The minimum absolute atomic E-state index is 0.00963. The molecule has 1 fully saturated rings. The van der Waals surface area contributed by atoms with Crippen LogP contribution >= 0.6 is 0 Å². The Labute approximate surface area is 107 Å². The van der Waals surface area contributed by atoms with Crippen molar-refractivity contribution < 1.29 is 14.3 Å². The lowest BCUT2D eigenvalue weighted by Gasteiger charge is -2.08. The molecule has 0 spiro atoms. The molecule has 1 atom stereocenters. The molecule has 3 nitrogen and oxygen atoms in total. The molecule has 1 saturated carbocycles. The first kappa shape index (κ1) is 12.8. The van der Waals surface area contributed by atoms with E-state index in [1.165, 1.54) is 25.5 Å². The second-order valence-corrected chi connectivity index (χ2v) is 4.95. The number of benzene rings is 1. The molecule has 0 radical (unpaired) electrons. The number of hydrogen-bond acceptors (Lipinski definition) is 3. The Morgan fingerprint density at radius 1 is 1.39 bits per heavy atom. The SMILES string of the molecule is COC(=O)C(C)CC(=O)c1cccc(C2CC2)c1. The molecule has 1 aliphatic carbocycles. The Bertz CT molecular complexity index is 461. The number of carbonyl (C=O) groups is 2. The van der Waals surface area contributed by atoms with E-state index in [-0.39, 0.29) is 24.1 Å². The smallest absolute Gasteiger partial charge is 0.308 e. The third-order valence-electron chi connectivity index (χ3n) is 3.35. The van der Waals surface area contributed by atoms with E-state index in [1.54, 1.807) is 6.92 Å². The number of rotatable bonds is 5. The van der Waals surface area contributed by atoms with Crippen molar-refractivity contribution in [3.8, 4) is 0 Å². The van der Waals surface area contributed by atoms with E-state index in [9.17, 15) is 9.59 Å². The van der Waals surface area contributed by atoms with E-state index in [1.807, 2.05) is 18.2 Å². The topological polar surface area (TPSA) is 43.4 Å². The summed E-state index contributed by atoms with van der Waals surface area (Å²) in [6, 6.07) is 7.77. The minimum atomic E-state index is -0.382. The number of ether oxygens (including phenoxy) is 1. The predicted octanol–water partition coefficient (Wildman–Crippen LogP) is 2.95. The quantitative estimate of drug-likeness (QED) is 0.592. The van der Waals surface area contributed by atoms with Crippen molar-refractivity contribution in [3.63, 3.8) is 0 Å². The number of hydrogen-bond donors (Lipinski definition) is 0. The van der Waals surface area contributed by atoms with Crippen molar-refractivity contribution >= 4 is 11.8 Å². The molecule has 0 saturated heterocycles. The first-order valence-corrected chi connectivity index (χ1v) is 6.32. The van der Waals surface area contributed by atoms with Gasteiger partial charge in [0.1, 0.15) is 0 Å². The molecule has 0 heterocycles. The van der Waals surface area contributed by atoms with Crippen molar-refractivity contribution in [2.24, 2.45) is 5.92 Å². The number of ketones is 1. The van der Waals surface area contributed by atoms with Crippen molar-refractivity contribution in [1.29, 1.82) is 0 Å². The van der Waals surface area contributed by atoms with Gasteiger partial charge in [-0.15, -0.1) is 0 Å². The molecule has 0 bridgehead atoms. The molecule has 2 rings (SSSR count). The standard InChI is InChI=1S/C15H18O3/c1-10(15(17)18-2)8-14(16)13-5-3-4-12(9-13)11-6-7-11/h3-5,9-11H,6-8H2,1-2H3. The van der Waals surface area contributed by atoms with E-state index in [0.29, 0.717) is 11.5 Å². The Hall–Kier alpha value is -1.64. The Balaban J connectivity index is 2.04. The Morgan fingerprint density at radius 3 is 2.72 bits per heavy atom. The predicted molar refractivity (Wildman–Crippen MR) is 68.5 cm³/mol. The fourth-order valence-electron chi connectivity index (χ4n) is 2.06. The van der Waals surface area contributed by atoms with Gasteiger partial charge in [-0.25, -0.2) is 0 Å². The van der Waals surface area contributed by atoms with Gasteiger partial charge in [-0.05, 0) is 30.4 Å². The highest BCUT2D eigenvalue weighted by atomic mass is 16.5. The third kappa shape index (κ3) is 2.97. The van der Waals surface area contributed by atoms with Crippen LogP contribution in [0.1, 0.15) is 48.0 Å². The van der Waals surface area contributed by atoms with Crippen molar-refractivity contribution in [1.82, 2.24) is 0 Å². The van der Waals surface area contributed by atoms with Crippen molar-refractivity contribution in [2.75, 3.05) is 7.11 Å². The summed E-state index contributed by atoms with van der Waals surface area (Å²) < 4.78 is 4.63. The summed E-state index contributed by atoms with van der Waals surface area (Å²) in [5.41, 5.74) is 1.95. The van der Waals surface area contributed by atoms with Crippen LogP contribution in [-0.4, -0.2) is 18.9 Å². The molecule has 96 valence electrons. The Kier molecular flexibility index (Phi) is 3.80. The molecule has 0 amide bonds. The van der Waals surface area contributed by atoms with E-state index in [0.717, 1.165) is 0 Å². The lowest BCUT2D eigenvalue weighted by molar-refractivity contribution is -0.144. The molecule has 1 unspecified atom stereocenters. The van der Waals surface area contributed by atoms with E-state index in [2.05, 4.69) is 10.8 Å². The molecule has 0 aromatic heterocycles. The first-order chi connectivity index (χ1) is 8.61. The van der Waals surface area contributed by atoms with Crippen LogP contribution in [0.3, 0.4) is 0 Å². The zero-order valence-electron chi connectivity index (χ0n) is 10.8. The maximum atomic E-state index is 12.1. The summed E-state index contributed by atoms with van der Waals surface area (Å²) in [4.78, 5) is 23.4. The van der Waals surface area contributed by atoms with Crippen LogP contribution in [0, 0.1) is 5.92 Å². The normalized spacial score (nSPS) is 16.1. The zero-order valence-corrected chi connectivity index (χ0v) is 10.8. The van der Waals surface area contributed by atoms with Gasteiger partial charge in [-0.1, -0.05) is 25.1 Å². The highest BCUT2D eigenvalue weighted by molar-refractivity contribution is 5.98. The van der Waals surface area contributed by atoms with Crippen LogP contribution in [-0.2, 0) is 9.53 Å². The van der Waals surface area contributed by atoms with E-state index >= 15 is 0 Å². The van der Waals surface area contributed by atoms with Crippen LogP contribution in [0.15, 0.2) is 24.3 Å².